The number of aliphatic imine (C=N–C) groups is 4. The minimum Gasteiger partial charge on any atom is -0.458 e. The Kier molecular flexibility index (Phi) is 8.73. The minimum atomic E-state index is -0.660. The second-order valence-corrected chi connectivity index (χ2v) is 8.93. The van der Waals surface area contributed by atoms with E-state index in [0.717, 1.165) is 11.4 Å². The SMILES string of the molecule is CC1(C)N=C(N)N=C(N)N1c1ccc(OCOc2ccc(N3C(N)=NC(N)=NC3(C)C)cc2)cc1.Cl.Cl. The first-order chi connectivity index (χ1) is 16.5. The number of halogens is 2. The third-order valence-electron chi connectivity index (χ3n) is 5.43. The van der Waals surface area contributed by atoms with Gasteiger partial charge in [-0.1, -0.05) is 0 Å². The second-order valence-electron chi connectivity index (χ2n) is 8.93. The number of nitrogens with two attached hydrogens (primary N) is 4. The zero-order valence-corrected chi connectivity index (χ0v) is 22.6. The molecule has 37 heavy (non-hydrogen) atoms. The molecule has 0 saturated heterocycles. The van der Waals surface area contributed by atoms with Gasteiger partial charge in [-0.25, -0.2) is 9.98 Å². The Labute approximate surface area is 227 Å². The lowest BCUT2D eigenvalue weighted by Gasteiger charge is -2.38. The van der Waals surface area contributed by atoms with Crippen molar-refractivity contribution < 1.29 is 9.47 Å². The molecule has 2 aromatic rings. The third kappa shape index (κ3) is 6.27. The minimum absolute atomic E-state index is 0. The van der Waals surface area contributed by atoms with Gasteiger partial charge in [0.2, 0.25) is 30.6 Å². The number of benzene rings is 2. The first kappa shape index (κ1) is 29.3. The Morgan fingerprint density at radius 1 is 0.622 bits per heavy atom. The van der Waals surface area contributed by atoms with E-state index in [1.165, 1.54) is 0 Å². The van der Waals surface area contributed by atoms with Gasteiger partial charge in [-0.2, -0.15) is 9.98 Å². The van der Waals surface area contributed by atoms with Crippen LogP contribution in [0.3, 0.4) is 0 Å². The largest absolute Gasteiger partial charge is 0.458 e. The summed E-state index contributed by atoms with van der Waals surface area (Å²) >= 11 is 0. The molecule has 2 aromatic carbocycles. The summed E-state index contributed by atoms with van der Waals surface area (Å²) in [5.41, 5.74) is 23.9. The highest BCUT2D eigenvalue weighted by atomic mass is 35.5. The van der Waals surface area contributed by atoms with Gasteiger partial charge in [0.15, 0.2) is 0 Å². The Bertz CT molecular complexity index is 1130. The number of ether oxygens (including phenoxy) is 2. The zero-order chi connectivity index (χ0) is 25.4. The average Bonchev–Trinajstić information content (AvgIpc) is 2.73. The van der Waals surface area contributed by atoms with Crippen molar-refractivity contribution in [2.24, 2.45) is 42.9 Å². The molecule has 2 heterocycles. The number of rotatable bonds is 6. The molecule has 0 aromatic heterocycles. The summed E-state index contributed by atoms with van der Waals surface area (Å²) in [6, 6.07) is 14.7. The van der Waals surface area contributed by atoms with Gasteiger partial charge < -0.3 is 32.4 Å². The van der Waals surface area contributed by atoms with Crippen LogP contribution in [0.4, 0.5) is 11.4 Å². The average molecular weight is 551 g/mol. The quantitative estimate of drug-likeness (QED) is 0.395. The fraction of sp³-hybridized carbons (Fsp3) is 0.304. The van der Waals surface area contributed by atoms with Crippen molar-refractivity contribution in [3.05, 3.63) is 48.5 Å². The van der Waals surface area contributed by atoms with Crippen LogP contribution in [0.2, 0.25) is 0 Å². The van der Waals surface area contributed by atoms with Crippen molar-refractivity contribution in [3.63, 3.8) is 0 Å². The summed E-state index contributed by atoms with van der Waals surface area (Å²) < 4.78 is 11.5. The standard InChI is InChI=1S/C23H30N10O2.2ClH/c1-22(2)30-18(24)28-20(26)32(22)14-5-9-16(10-6-14)34-13-35-17-11-7-15(8-12-17)33-21(27)29-19(25)31-23(33,3)4;;/h5-12H,13H2,1-4H3,(H4,24,26,28,30)(H4,25,27,29,31);2*1H. The van der Waals surface area contributed by atoms with Crippen molar-refractivity contribution >= 4 is 60.0 Å². The second kappa shape index (κ2) is 11.0. The summed E-state index contributed by atoms with van der Waals surface area (Å²) in [4.78, 5) is 20.4. The zero-order valence-electron chi connectivity index (χ0n) is 21.0. The Morgan fingerprint density at radius 3 is 1.24 bits per heavy atom. The number of anilines is 2. The van der Waals surface area contributed by atoms with Crippen molar-refractivity contribution in [1.82, 2.24) is 0 Å². The highest BCUT2D eigenvalue weighted by Gasteiger charge is 2.34. The molecule has 0 atom stereocenters. The first-order valence-electron chi connectivity index (χ1n) is 10.9. The molecule has 0 aliphatic carbocycles. The maximum absolute atomic E-state index is 6.08. The van der Waals surface area contributed by atoms with Crippen LogP contribution >= 0.6 is 24.8 Å². The molecule has 0 amide bonds. The number of nitrogens with zero attached hydrogens (tertiary/aromatic N) is 6. The molecule has 200 valence electrons. The van der Waals surface area contributed by atoms with Crippen LogP contribution in [-0.2, 0) is 0 Å². The van der Waals surface area contributed by atoms with E-state index in [2.05, 4.69) is 20.0 Å². The van der Waals surface area contributed by atoms with Crippen molar-refractivity contribution in [3.8, 4) is 11.5 Å². The molecule has 8 N–H and O–H groups in total. The summed E-state index contributed by atoms with van der Waals surface area (Å²) in [6.07, 6.45) is 0. The van der Waals surface area contributed by atoms with Crippen LogP contribution in [0.5, 0.6) is 11.5 Å². The molecule has 4 rings (SSSR count). The first-order valence-corrected chi connectivity index (χ1v) is 10.9. The summed E-state index contributed by atoms with van der Waals surface area (Å²) in [5, 5.41) is 0. The van der Waals surface area contributed by atoms with Gasteiger partial charge in [-0.3, -0.25) is 9.80 Å². The maximum atomic E-state index is 6.08. The molecule has 14 heteroatoms. The molecule has 0 radical (unpaired) electrons. The lowest BCUT2D eigenvalue weighted by Crippen LogP contribution is -2.54. The van der Waals surface area contributed by atoms with Crippen LogP contribution in [-0.4, -0.2) is 42.0 Å². The Hall–Kier alpha value is -3.90. The molecule has 0 spiro atoms. The molecule has 0 bridgehead atoms. The van der Waals surface area contributed by atoms with Gasteiger partial charge in [-0.15, -0.1) is 24.8 Å². The topological polar surface area (TPSA) is 178 Å². The van der Waals surface area contributed by atoms with Crippen molar-refractivity contribution in [2.45, 2.75) is 39.0 Å². The smallest absolute Gasteiger partial charge is 0.230 e. The Morgan fingerprint density at radius 2 is 0.946 bits per heavy atom. The number of hydrogen-bond acceptors (Lipinski definition) is 12. The summed E-state index contributed by atoms with van der Waals surface area (Å²) in [6.45, 7) is 7.64. The molecular formula is C23H32Cl2N10O2. The predicted octanol–water partition coefficient (Wildman–Crippen LogP) is 2.32. The van der Waals surface area contributed by atoms with E-state index < -0.39 is 11.3 Å². The molecule has 0 fully saturated rings. The van der Waals surface area contributed by atoms with E-state index in [-0.39, 0.29) is 55.4 Å². The van der Waals surface area contributed by atoms with Crippen LogP contribution in [0.15, 0.2) is 68.5 Å². The van der Waals surface area contributed by atoms with Crippen LogP contribution in [0.1, 0.15) is 27.7 Å². The lowest BCUT2D eigenvalue weighted by atomic mass is 10.1. The van der Waals surface area contributed by atoms with E-state index in [9.17, 15) is 0 Å². The van der Waals surface area contributed by atoms with Gasteiger partial charge in [0.25, 0.3) is 0 Å². The van der Waals surface area contributed by atoms with E-state index in [1.807, 2.05) is 76.2 Å². The van der Waals surface area contributed by atoms with Gasteiger partial charge in [-0.05, 0) is 76.2 Å². The molecule has 12 nitrogen and oxygen atoms in total. The van der Waals surface area contributed by atoms with Gasteiger partial charge in [0.1, 0.15) is 22.8 Å². The predicted molar refractivity (Wildman–Crippen MR) is 153 cm³/mol. The lowest BCUT2D eigenvalue weighted by molar-refractivity contribution is 0.120. The Balaban J connectivity index is 0.00000241. The van der Waals surface area contributed by atoms with Crippen LogP contribution in [0.25, 0.3) is 0 Å². The maximum Gasteiger partial charge on any atom is 0.230 e. The fourth-order valence-electron chi connectivity index (χ4n) is 4.05. The molecule has 2 aliphatic heterocycles. The van der Waals surface area contributed by atoms with Gasteiger partial charge in [0.05, 0.1) is 0 Å². The normalized spacial score (nSPS) is 17.7. The third-order valence-corrected chi connectivity index (χ3v) is 5.43. The van der Waals surface area contributed by atoms with E-state index >= 15 is 0 Å². The number of hydrogen-bond donors (Lipinski definition) is 4. The van der Waals surface area contributed by atoms with E-state index in [0.29, 0.717) is 11.5 Å². The highest BCUT2D eigenvalue weighted by Crippen LogP contribution is 2.30. The number of guanidine groups is 4. The van der Waals surface area contributed by atoms with Gasteiger partial charge in [0, 0.05) is 11.4 Å². The molecule has 2 aliphatic rings. The van der Waals surface area contributed by atoms with Crippen molar-refractivity contribution in [1.29, 1.82) is 0 Å². The summed E-state index contributed by atoms with van der Waals surface area (Å²) in [7, 11) is 0. The van der Waals surface area contributed by atoms with Crippen LogP contribution < -0.4 is 42.2 Å². The van der Waals surface area contributed by atoms with Gasteiger partial charge >= 0.3 is 0 Å². The van der Waals surface area contributed by atoms with E-state index in [4.69, 9.17) is 32.4 Å². The molecule has 0 unspecified atom stereocenters. The fourth-order valence-corrected chi connectivity index (χ4v) is 4.05. The van der Waals surface area contributed by atoms with Crippen molar-refractivity contribution in [2.75, 3.05) is 16.6 Å². The van der Waals surface area contributed by atoms with Crippen LogP contribution in [0, 0.1) is 0 Å². The molecule has 0 saturated carbocycles. The summed E-state index contributed by atoms with van der Waals surface area (Å²) in [5.74, 6) is 2.13. The highest BCUT2D eigenvalue weighted by molar-refractivity contribution is 6.06. The molecular weight excluding hydrogens is 519 g/mol. The monoisotopic (exact) mass is 550 g/mol. The van der Waals surface area contributed by atoms with E-state index in [1.54, 1.807) is 9.80 Å².